The molecule has 0 atom stereocenters. The minimum atomic E-state index is 0.173. The van der Waals surface area contributed by atoms with Crippen molar-refractivity contribution in [2.24, 2.45) is 0 Å². The zero-order valence-electron chi connectivity index (χ0n) is 16.1. The molecule has 138 valence electrons. The Bertz CT molecular complexity index is 1180. The molecule has 28 heavy (non-hydrogen) atoms. The molecule has 5 rings (SSSR count). The Hall–Kier alpha value is -3.33. The lowest BCUT2D eigenvalue weighted by Gasteiger charge is -2.10. The molecule has 0 amide bonds. The quantitative estimate of drug-likeness (QED) is 0.441. The number of rotatable bonds is 4. The molecule has 2 aromatic carbocycles. The number of fused-ring (bicyclic) bond motifs is 2. The Morgan fingerprint density at radius 1 is 0.929 bits per heavy atom. The van der Waals surface area contributed by atoms with Gasteiger partial charge >= 0.3 is 0 Å². The molecular formula is C25H22N2O. The van der Waals surface area contributed by atoms with Crippen molar-refractivity contribution in [2.75, 3.05) is 0 Å². The maximum atomic E-state index is 5.76. The molecule has 0 aliphatic heterocycles. The predicted molar refractivity (Wildman–Crippen MR) is 115 cm³/mol. The largest absolute Gasteiger partial charge is 0.491 e. The van der Waals surface area contributed by atoms with Crippen molar-refractivity contribution < 1.29 is 4.74 Å². The first-order valence-corrected chi connectivity index (χ1v) is 9.71. The summed E-state index contributed by atoms with van der Waals surface area (Å²) in [5, 5.41) is 0. The fourth-order valence-corrected chi connectivity index (χ4v) is 3.78. The van der Waals surface area contributed by atoms with Crippen LogP contribution in [0.4, 0.5) is 0 Å². The third-order valence-corrected chi connectivity index (χ3v) is 5.14. The summed E-state index contributed by atoms with van der Waals surface area (Å²) in [7, 11) is 0. The van der Waals surface area contributed by atoms with E-state index in [1.54, 1.807) is 0 Å². The normalized spacial score (nSPS) is 12.7. The molecule has 4 aromatic rings. The van der Waals surface area contributed by atoms with Gasteiger partial charge < -0.3 is 4.74 Å². The number of ether oxygens (including phenoxy) is 1. The monoisotopic (exact) mass is 366 g/mol. The molecule has 1 aliphatic carbocycles. The predicted octanol–water partition coefficient (Wildman–Crippen LogP) is 6.02. The summed E-state index contributed by atoms with van der Waals surface area (Å²) in [6.07, 6.45) is 9.73. The molecule has 0 saturated carbocycles. The zero-order valence-corrected chi connectivity index (χ0v) is 16.1. The van der Waals surface area contributed by atoms with Gasteiger partial charge in [0.05, 0.1) is 18.0 Å². The number of benzene rings is 2. The van der Waals surface area contributed by atoms with Gasteiger partial charge in [-0.2, -0.15) is 0 Å². The van der Waals surface area contributed by atoms with E-state index in [9.17, 15) is 0 Å². The van der Waals surface area contributed by atoms with E-state index in [1.807, 2.05) is 32.2 Å². The molecule has 3 heteroatoms. The van der Waals surface area contributed by atoms with E-state index in [1.165, 1.54) is 22.3 Å². The van der Waals surface area contributed by atoms with Gasteiger partial charge in [-0.1, -0.05) is 30.4 Å². The van der Waals surface area contributed by atoms with E-state index in [0.717, 1.165) is 29.1 Å². The van der Waals surface area contributed by atoms with Gasteiger partial charge in [-0.25, -0.2) is 4.98 Å². The Morgan fingerprint density at radius 2 is 1.71 bits per heavy atom. The van der Waals surface area contributed by atoms with Crippen LogP contribution < -0.4 is 4.74 Å². The van der Waals surface area contributed by atoms with Gasteiger partial charge in [-0.15, -0.1) is 0 Å². The number of allylic oxidation sites excluding steroid dienone is 1. The minimum absolute atomic E-state index is 0.173. The highest BCUT2D eigenvalue weighted by Gasteiger charge is 2.10. The summed E-state index contributed by atoms with van der Waals surface area (Å²) < 4.78 is 7.93. The van der Waals surface area contributed by atoms with Crippen LogP contribution in [0.3, 0.4) is 0 Å². The summed E-state index contributed by atoms with van der Waals surface area (Å²) >= 11 is 0. The number of hydrogen-bond donors (Lipinski definition) is 0. The summed E-state index contributed by atoms with van der Waals surface area (Å²) in [6.45, 7) is 4.07. The molecule has 0 saturated heterocycles. The first-order valence-electron chi connectivity index (χ1n) is 9.71. The average Bonchev–Trinajstić information content (AvgIpc) is 3.34. The maximum Gasteiger partial charge on any atom is 0.137 e. The Labute approximate surface area is 164 Å². The molecule has 0 fully saturated rings. The second-order valence-electron chi connectivity index (χ2n) is 7.50. The van der Waals surface area contributed by atoms with E-state index in [4.69, 9.17) is 4.74 Å². The Balaban J connectivity index is 1.53. The molecule has 2 aromatic heterocycles. The van der Waals surface area contributed by atoms with Gasteiger partial charge in [0.2, 0.25) is 0 Å². The van der Waals surface area contributed by atoms with Crippen molar-refractivity contribution in [2.45, 2.75) is 26.4 Å². The second kappa shape index (κ2) is 6.68. The highest BCUT2D eigenvalue weighted by atomic mass is 16.5. The third kappa shape index (κ3) is 2.99. The first kappa shape index (κ1) is 16.8. The standard InChI is InChI=1S/C25H22N2O/c1-17(2)28-23-11-8-19(9-12-23)24-15-26-25-13-10-22(16-27(24)25)21-7-6-18-4-3-5-20(18)14-21/h3-4,6-17H,5H2,1-2H3. The highest BCUT2D eigenvalue weighted by molar-refractivity contribution is 5.72. The van der Waals surface area contributed by atoms with Crippen LogP contribution >= 0.6 is 0 Å². The van der Waals surface area contributed by atoms with Crippen molar-refractivity contribution in [3.05, 3.63) is 84.2 Å². The summed E-state index contributed by atoms with van der Waals surface area (Å²) in [5.74, 6) is 0.889. The van der Waals surface area contributed by atoms with E-state index < -0.39 is 0 Å². The number of aromatic nitrogens is 2. The zero-order chi connectivity index (χ0) is 19.1. The van der Waals surface area contributed by atoms with Gasteiger partial charge in [0.15, 0.2) is 0 Å². The van der Waals surface area contributed by atoms with Crippen LogP contribution in [0.1, 0.15) is 25.0 Å². The van der Waals surface area contributed by atoms with Crippen molar-refractivity contribution in [3.63, 3.8) is 0 Å². The van der Waals surface area contributed by atoms with Crippen LogP contribution in [-0.4, -0.2) is 15.5 Å². The minimum Gasteiger partial charge on any atom is -0.491 e. The van der Waals surface area contributed by atoms with E-state index in [-0.39, 0.29) is 6.10 Å². The van der Waals surface area contributed by atoms with Crippen LogP contribution in [0.5, 0.6) is 5.75 Å². The fourth-order valence-electron chi connectivity index (χ4n) is 3.78. The maximum absolute atomic E-state index is 5.76. The summed E-state index contributed by atoms with van der Waals surface area (Å²) in [4.78, 5) is 4.58. The lowest BCUT2D eigenvalue weighted by atomic mass is 10.0. The first-order chi connectivity index (χ1) is 13.7. The Kier molecular flexibility index (Phi) is 4.01. The molecule has 0 N–H and O–H groups in total. The van der Waals surface area contributed by atoms with Gasteiger partial charge in [-0.05, 0) is 78.9 Å². The molecular weight excluding hydrogens is 344 g/mol. The smallest absolute Gasteiger partial charge is 0.137 e. The van der Waals surface area contributed by atoms with E-state index >= 15 is 0 Å². The van der Waals surface area contributed by atoms with Gasteiger partial charge in [0.25, 0.3) is 0 Å². The number of hydrogen-bond acceptors (Lipinski definition) is 2. The lowest BCUT2D eigenvalue weighted by molar-refractivity contribution is 0.242. The topological polar surface area (TPSA) is 26.5 Å². The van der Waals surface area contributed by atoms with Crippen molar-refractivity contribution in [1.82, 2.24) is 9.38 Å². The van der Waals surface area contributed by atoms with E-state index in [0.29, 0.717) is 0 Å². The third-order valence-electron chi connectivity index (χ3n) is 5.14. The fraction of sp³-hybridized carbons (Fsp3) is 0.160. The molecule has 1 aliphatic rings. The molecule has 0 spiro atoms. The molecule has 0 radical (unpaired) electrons. The van der Waals surface area contributed by atoms with Gasteiger partial charge in [0, 0.05) is 11.8 Å². The summed E-state index contributed by atoms with van der Waals surface area (Å²) in [6, 6.07) is 19.2. The van der Waals surface area contributed by atoms with Crippen LogP contribution in [-0.2, 0) is 6.42 Å². The van der Waals surface area contributed by atoms with Crippen LogP contribution in [0.25, 0.3) is 34.1 Å². The second-order valence-corrected chi connectivity index (χ2v) is 7.50. The lowest BCUT2D eigenvalue weighted by Crippen LogP contribution is -2.05. The summed E-state index contributed by atoms with van der Waals surface area (Å²) in [5.41, 5.74) is 8.31. The molecule has 3 nitrogen and oxygen atoms in total. The molecule has 2 heterocycles. The van der Waals surface area contributed by atoms with Crippen molar-refractivity contribution in [3.8, 4) is 28.1 Å². The Morgan fingerprint density at radius 3 is 2.54 bits per heavy atom. The van der Waals surface area contributed by atoms with Crippen molar-refractivity contribution in [1.29, 1.82) is 0 Å². The van der Waals surface area contributed by atoms with Gasteiger partial charge in [0.1, 0.15) is 11.4 Å². The van der Waals surface area contributed by atoms with Crippen LogP contribution in [0, 0.1) is 0 Å². The number of nitrogens with zero attached hydrogens (tertiary/aromatic N) is 2. The molecule has 0 unspecified atom stereocenters. The number of imidazole rings is 1. The van der Waals surface area contributed by atoms with Crippen molar-refractivity contribution >= 4 is 11.7 Å². The van der Waals surface area contributed by atoms with Gasteiger partial charge in [-0.3, -0.25) is 4.40 Å². The SMILES string of the molecule is CC(C)Oc1ccc(-c2cnc3ccc(-c4ccc5c(c4)CC=C5)cn23)cc1. The van der Waals surface area contributed by atoms with E-state index in [2.05, 4.69) is 70.2 Å². The highest BCUT2D eigenvalue weighted by Crippen LogP contribution is 2.29. The molecule has 0 bridgehead atoms. The van der Waals surface area contributed by atoms with Crippen LogP contribution in [0.2, 0.25) is 0 Å². The average molecular weight is 366 g/mol. The number of pyridine rings is 1. The van der Waals surface area contributed by atoms with Crippen LogP contribution in [0.15, 0.2) is 73.1 Å².